The number of aryl methyl sites for hydroxylation is 3. The molecule has 0 bridgehead atoms. The first-order valence-electron chi connectivity index (χ1n) is 9.08. The molecule has 0 saturated heterocycles. The minimum absolute atomic E-state index is 0. The van der Waals surface area contributed by atoms with Crippen LogP contribution in [0.15, 0.2) is 87.5 Å². The molecule has 0 atom stereocenters. The molecular weight excluding hydrogens is 519 g/mol. The van der Waals surface area contributed by atoms with Gasteiger partial charge in [-0.1, -0.05) is 36.4 Å². The molecule has 0 aliphatic heterocycles. The van der Waals surface area contributed by atoms with Gasteiger partial charge in [0.1, 0.15) is 30.4 Å². The zero-order valence-electron chi connectivity index (χ0n) is 18.4. The van der Waals surface area contributed by atoms with Gasteiger partial charge in [-0.2, -0.15) is 0 Å². The normalized spacial score (nSPS) is 11.1. The second kappa shape index (κ2) is 13.1. The van der Waals surface area contributed by atoms with Crippen molar-refractivity contribution < 1.29 is 38.9 Å². The van der Waals surface area contributed by atoms with E-state index >= 15 is 0 Å². The summed E-state index contributed by atoms with van der Waals surface area (Å²) < 4.78 is 93.9. The fourth-order valence-corrected chi connectivity index (χ4v) is 4.04. The Morgan fingerprint density at radius 2 is 0.676 bits per heavy atom. The molecule has 180 valence electrons. The first kappa shape index (κ1) is 31.9. The van der Waals surface area contributed by atoms with Gasteiger partial charge in [0.25, 0.3) is 0 Å². The van der Waals surface area contributed by atoms with Crippen molar-refractivity contribution in [3.05, 3.63) is 89.5 Å². The summed E-state index contributed by atoms with van der Waals surface area (Å²) in [6.45, 7) is 5.19. The molecule has 0 N–H and O–H groups in total. The number of hydrogen-bond donors (Lipinski definition) is 0. The van der Waals surface area contributed by atoms with E-state index in [9.17, 15) is 38.9 Å². The van der Waals surface area contributed by atoms with Crippen LogP contribution >= 0.6 is 0 Å². The zero-order valence-corrected chi connectivity index (χ0v) is 22.0. The Kier molecular flexibility index (Phi) is 12.3. The van der Waals surface area contributed by atoms with Crippen LogP contribution in [-0.4, -0.2) is 56.3 Å². The molecule has 0 unspecified atom stereocenters. The van der Waals surface area contributed by atoms with Crippen molar-refractivity contribution in [2.45, 2.75) is 35.5 Å². The standard InChI is InChI=1S/3C7H8O3S.Al/c3*1-6-3-2-4-7(5-6)11(8,9)10;/h3*2-5H,1H3,(H,8,9,10);/q;;;+3/p-3. The van der Waals surface area contributed by atoms with Crippen LogP contribution in [0.1, 0.15) is 16.7 Å². The van der Waals surface area contributed by atoms with E-state index in [4.69, 9.17) is 0 Å². The molecule has 34 heavy (non-hydrogen) atoms. The zero-order chi connectivity index (χ0) is 25.4. The van der Waals surface area contributed by atoms with Crippen molar-refractivity contribution in [3.63, 3.8) is 0 Å². The van der Waals surface area contributed by atoms with Gasteiger partial charge in [-0.15, -0.1) is 0 Å². The Hall–Kier alpha value is -2.08. The summed E-state index contributed by atoms with van der Waals surface area (Å²) in [5.41, 5.74) is 2.30. The van der Waals surface area contributed by atoms with Gasteiger partial charge in [0, 0.05) is 0 Å². The van der Waals surface area contributed by atoms with E-state index in [1.54, 1.807) is 57.2 Å². The molecule has 3 aromatic rings. The quantitative estimate of drug-likeness (QED) is 0.357. The van der Waals surface area contributed by atoms with Crippen molar-refractivity contribution >= 4 is 47.7 Å². The Bertz CT molecular complexity index is 1240. The summed E-state index contributed by atoms with van der Waals surface area (Å²) in [6, 6.07) is 17.7. The molecular formula is C21H21AlO9S3. The largest absolute Gasteiger partial charge is 3.00 e. The summed E-state index contributed by atoms with van der Waals surface area (Å²) >= 11 is 0. The van der Waals surface area contributed by atoms with Gasteiger partial charge < -0.3 is 13.7 Å². The molecule has 0 spiro atoms. The molecule has 0 saturated carbocycles. The van der Waals surface area contributed by atoms with Crippen molar-refractivity contribution in [3.8, 4) is 0 Å². The van der Waals surface area contributed by atoms with E-state index in [2.05, 4.69) is 0 Å². The smallest absolute Gasteiger partial charge is 0.744 e. The van der Waals surface area contributed by atoms with Crippen molar-refractivity contribution in [1.82, 2.24) is 0 Å². The molecule has 0 aliphatic rings. The van der Waals surface area contributed by atoms with Gasteiger partial charge >= 0.3 is 17.4 Å². The molecule has 0 radical (unpaired) electrons. The first-order valence-corrected chi connectivity index (χ1v) is 13.3. The van der Waals surface area contributed by atoms with E-state index < -0.39 is 30.4 Å². The predicted molar refractivity (Wildman–Crippen MR) is 123 cm³/mol. The van der Waals surface area contributed by atoms with Crippen molar-refractivity contribution in [2.75, 3.05) is 0 Å². The number of rotatable bonds is 3. The van der Waals surface area contributed by atoms with E-state index in [0.29, 0.717) is 0 Å². The molecule has 0 aliphatic carbocycles. The minimum Gasteiger partial charge on any atom is -0.744 e. The maximum atomic E-state index is 10.4. The Morgan fingerprint density at radius 1 is 0.471 bits per heavy atom. The Labute approximate surface area is 210 Å². The predicted octanol–water partition coefficient (Wildman–Crippen LogP) is 2.32. The van der Waals surface area contributed by atoms with Crippen LogP contribution in [0.2, 0.25) is 0 Å². The summed E-state index contributed by atoms with van der Waals surface area (Å²) in [7, 11) is -12.8. The fraction of sp³-hybridized carbons (Fsp3) is 0.143. The second-order valence-corrected chi connectivity index (χ2v) is 11.0. The van der Waals surface area contributed by atoms with Crippen molar-refractivity contribution in [2.24, 2.45) is 0 Å². The first-order chi connectivity index (χ1) is 15.0. The minimum atomic E-state index is -4.28. The Morgan fingerprint density at radius 3 is 0.794 bits per heavy atom. The third-order valence-electron chi connectivity index (χ3n) is 3.83. The molecule has 0 fully saturated rings. The van der Waals surface area contributed by atoms with Crippen LogP contribution in [0, 0.1) is 20.8 Å². The van der Waals surface area contributed by atoms with E-state index in [1.165, 1.54) is 36.4 Å². The second-order valence-electron chi connectivity index (χ2n) is 6.81. The number of benzene rings is 3. The van der Waals surface area contributed by atoms with E-state index in [1.807, 2.05) is 0 Å². The van der Waals surface area contributed by atoms with Gasteiger partial charge in [0.15, 0.2) is 0 Å². The molecule has 0 heterocycles. The third-order valence-corrected chi connectivity index (χ3v) is 6.33. The molecule has 3 aromatic carbocycles. The SMILES string of the molecule is Cc1cccc(S(=O)(=O)[O-])c1.Cc1cccc(S(=O)(=O)[O-])c1.Cc1cccc(S(=O)(=O)[O-])c1.[Al+3]. The van der Waals surface area contributed by atoms with Gasteiger partial charge in [0.2, 0.25) is 0 Å². The number of hydrogen-bond acceptors (Lipinski definition) is 9. The summed E-state index contributed by atoms with van der Waals surface area (Å²) in [5, 5.41) is 0. The van der Waals surface area contributed by atoms with Crippen molar-refractivity contribution in [1.29, 1.82) is 0 Å². The van der Waals surface area contributed by atoms with Crippen LogP contribution in [0.3, 0.4) is 0 Å². The maximum Gasteiger partial charge on any atom is 3.00 e. The fourth-order valence-electron chi connectivity index (χ4n) is 2.31. The molecule has 0 amide bonds. The van der Waals surface area contributed by atoms with Gasteiger partial charge in [-0.25, -0.2) is 25.3 Å². The molecule has 13 heteroatoms. The van der Waals surface area contributed by atoms with Crippen LogP contribution < -0.4 is 0 Å². The van der Waals surface area contributed by atoms with Crippen LogP contribution in [0.25, 0.3) is 0 Å². The summed E-state index contributed by atoms with van der Waals surface area (Å²) in [4.78, 5) is -0.507. The van der Waals surface area contributed by atoms with Crippen LogP contribution in [0.5, 0.6) is 0 Å². The maximum absolute atomic E-state index is 10.4. The monoisotopic (exact) mass is 540 g/mol. The van der Waals surface area contributed by atoms with E-state index in [0.717, 1.165) is 16.7 Å². The van der Waals surface area contributed by atoms with Gasteiger partial charge in [-0.05, 0) is 73.9 Å². The summed E-state index contributed by atoms with van der Waals surface area (Å²) in [6.07, 6.45) is 0. The van der Waals surface area contributed by atoms with Gasteiger partial charge in [0.05, 0.1) is 14.7 Å². The van der Waals surface area contributed by atoms with E-state index in [-0.39, 0.29) is 32.0 Å². The van der Waals surface area contributed by atoms with Crippen LogP contribution in [0.4, 0.5) is 0 Å². The average Bonchev–Trinajstić information content (AvgIpc) is 2.67. The summed E-state index contributed by atoms with van der Waals surface area (Å²) in [5.74, 6) is 0. The molecule has 0 aromatic heterocycles. The topological polar surface area (TPSA) is 172 Å². The molecule has 3 rings (SSSR count). The average molecular weight is 541 g/mol. The third kappa shape index (κ3) is 11.9. The van der Waals surface area contributed by atoms with Gasteiger partial charge in [-0.3, -0.25) is 0 Å². The Balaban J connectivity index is 0.000000473. The van der Waals surface area contributed by atoms with Crippen LogP contribution in [-0.2, 0) is 30.4 Å². The molecule has 9 nitrogen and oxygen atoms in total.